The van der Waals surface area contributed by atoms with Crippen LogP contribution in [0, 0.1) is 5.92 Å². The van der Waals surface area contributed by atoms with Crippen molar-refractivity contribution in [2.24, 2.45) is 5.92 Å². The fourth-order valence-corrected chi connectivity index (χ4v) is 3.22. The van der Waals surface area contributed by atoms with Gasteiger partial charge in [-0.2, -0.15) is 0 Å². The van der Waals surface area contributed by atoms with Crippen LogP contribution in [0.1, 0.15) is 30.6 Å². The number of ether oxygens (including phenoxy) is 2. The largest absolute Gasteiger partial charge is 0.494 e. The molecule has 3 aromatic rings. The molecule has 0 saturated carbocycles. The molecule has 35 heavy (non-hydrogen) atoms. The van der Waals surface area contributed by atoms with E-state index in [1.165, 1.54) is 0 Å². The van der Waals surface area contributed by atoms with Crippen LogP contribution in [0.4, 0.5) is 0 Å². The highest BCUT2D eigenvalue weighted by atomic mass is 32.1. The lowest BCUT2D eigenvalue weighted by Gasteiger charge is -2.13. The van der Waals surface area contributed by atoms with Crippen molar-refractivity contribution in [3.05, 3.63) is 84.4 Å². The summed E-state index contributed by atoms with van der Waals surface area (Å²) >= 11 is 5.10. The molecule has 7 nitrogen and oxygen atoms in total. The van der Waals surface area contributed by atoms with Gasteiger partial charge in [-0.05, 0) is 60.5 Å². The number of nitrogens with one attached hydrogen (secondary N) is 3. The smallest absolute Gasteiger partial charge is 0.276 e. The highest BCUT2D eigenvalue weighted by molar-refractivity contribution is 7.80. The summed E-state index contributed by atoms with van der Waals surface area (Å²) in [5, 5.41) is 2.48. The zero-order valence-electron chi connectivity index (χ0n) is 19.7. The van der Waals surface area contributed by atoms with E-state index in [1.54, 1.807) is 30.3 Å². The molecule has 0 aliphatic heterocycles. The van der Waals surface area contributed by atoms with Crippen LogP contribution >= 0.6 is 12.2 Å². The summed E-state index contributed by atoms with van der Waals surface area (Å²) in [5.41, 5.74) is 7.21. The summed E-state index contributed by atoms with van der Waals surface area (Å²) in [6.45, 7) is 4.66. The lowest BCUT2D eigenvalue weighted by Crippen LogP contribution is -2.49. The van der Waals surface area contributed by atoms with Gasteiger partial charge in [0, 0.05) is 11.1 Å². The van der Waals surface area contributed by atoms with E-state index in [0.29, 0.717) is 29.6 Å². The fourth-order valence-electron chi connectivity index (χ4n) is 3.08. The van der Waals surface area contributed by atoms with Crippen LogP contribution in [-0.4, -0.2) is 30.1 Å². The van der Waals surface area contributed by atoms with Crippen LogP contribution in [0.2, 0.25) is 0 Å². The van der Waals surface area contributed by atoms with Gasteiger partial charge in [0.2, 0.25) is 0 Å². The standard InChI is InChI=1S/C27H29N3O4S/c1-19(2)16-17-33-22-14-12-21(13-15-22)26(32)28-27(35)30-29-25(31)18-34-24-11-7-6-10-23(24)20-8-4-3-5-9-20/h3-15,19H,16-18H2,1-2H3,(H,29,31)(H2,28,30,32,35). The molecule has 0 aliphatic carbocycles. The third-order valence-electron chi connectivity index (χ3n) is 4.95. The number of carbonyl (C=O) groups is 2. The lowest BCUT2D eigenvalue weighted by molar-refractivity contribution is -0.123. The Kier molecular flexibility index (Phi) is 9.62. The number of benzene rings is 3. The summed E-state index contributed by atoms with van der Waals surface area (Å²) in [4.78, 5) is 24.6. The molecule has 0 fully saturated rings. The van der Waals surface area contributed by atoms with E-state index in [-0.39, 0.29) is 11.7 Å². The lowest BCUT2D eigenvalue weighted by atomic mass is 10.1. The third kappa shape index (κ3) is 8.42. The molecule has 0 spiro atoms. The van der Waals surface area contributed by atoms with Crippen LogP contribution in [0.15, 0.2) is 78.9 Å². The second-order valence-corrected chi connectivity index (χ2v) is 8.57. The summed E-state index contributed by atoms with van der Waals surface area (Å²) in [5.74, 6) is 0.988. The van der Waals surface area contributed by atoms with Crippen LogP contribution < -0.4 is 25.6 Å². The summed E-state index contributed by atoms with van der Waals surface area (Å²) in [7, 11) is 0. The molecule has 2 amide bonds. The fraction of sp³-hybridized carbons (Fsp3) is 0.222. The molecular weight excluding hydrogens is 462 g/mol. The van der Waals surface area contributed by atoms with Gasteiger partial charge in [-0.3, -0.25) is 25.8 Å². The monoisotopic (exact) mass is 491 g/mol. The molecule has 0 unspecified atom stereocenters. The molecule has 0 saturated heterocycles. The molecule has 0 radical (unpaired) electrons. The average Bonchev–Trinajstić information content (AvgIpc) is 2.87. The molecule has 0 heterocycles. The van der Waals surface area contributed by atoms with Gasteiger partial charge in [-0.15, -0.1) is 0 Å². The van der Waals surface area contributed by atoms with Gasteiger partial charge in [0.15, 0.2) is 11.7 Å². The van der Waals surface area contributed by atoms with E-state index >= 15 is 0 Å². The zero-order chi connectivity index (χ0) is 25.0. The highest BCUT2D eigenvalue weighted by Crippen LogP contribution is 2.29. The Labute approximate surface area is 210 Å². The minimum absolute atomic E-state index is 0.0368. The molecule has 0 aromatic heterocycles. The molecule has 8 heteroatoms. The quantitative estimate of drug-likeness (QED) is 0.302. The summed E-state index contributed by atoms with van der Waals surface area (Å²) < 4.78 is 11.3. The van der Waals surface area contributed by atoms with Crippen LogP contribution in [0.3, 0.4) is 0 Å². The van der Waals surface area contributed by atoms with Crippen molar-refractivity contribution in [2.75, 3.05) is 13.2 Å². The first kappa shape index (κ1) is 25.7. The van der Waals surface area contributed by atoms with Crippen molar-refractivity contribution in [2.45, 2.75) is 20.3 Å². The highest BCUT2D eigenvalue weighted by Gasteiger charge is 2.11. The molecule has 3 aromatic carbocycles. The van der Waals surface area contributed by atoms with E-state index in [9.17, 15) is 9.59 Å². The van der Waals surface area contributed by atoms with Crippen molar-refractivity contribution in [3.63, 3.8) is 0 Å². The predicted molar refractivity (Wildman–Crippen MR) is 140 cm³/mol. The Morgan fingerprint density at radius 1 is 0.857 bits per heavy atom. The third-order valence-corrected chi connectivity index (χ3v) is 5.16. The maximum Gasteiger partial charge on any atom is 0.276 e. The molecular formula is C27H29N3O4S. The summed E-state index contributed by atoms with van der Waals surface area (Å²) in [6, 6.07) is 24.0. The van der Waals surface area contributed by atoms with Gasteiger partial charge in [0.25, 0.3) is 11.8 Å². The summed E-state index contributed by atoms with van der Waals surface area (Å²) in [6.07, 6.45) is 0.957. The predicted octanol–water partition coefficient (Wildman–Crippen LogP) is 4.49. The molecule has 182 valence electrons. The number of para-hydroxylation sites is 1. The Bertz CT molecular complexity index is 1130. The Morgan fingerprint density at radius 3 is 2.26 bits per heavy atom. The van der Waals surface area contributed by atoms with E-state index in [2.05, 4.69) is 30.0 Å². The minimum Gasteiger partial charge on any atom is -0.494 e. The second-order valence-electron chi connectivity index (χ2n) is 8.16. The Balaban J connectivity index is 1.42. The number of hydrogen-bond donors (Lipinski definition) is 3. The van der Waals surface area contributed by atoms with E-state index in [4.69, 9.17) is 21.7 Å². The van der Waals surface area contributed by atoms with Crippen molar-refractivity contribution in [3.8, 4) is 22.6 Å². The van der Waals surface area contributed by atoms with Gasteiger partial charge in [-0.25, -0.2) is 0 Å². The van der Waals surface area contributed by atoms with Crippen LogP contribution in [-0.2, 0) is 4.79 Å². The van der Waals surface area contributed by atoms with Crippen LogP contribution in [0.25, 0.3) is 11.1 Å². The van der Waals surface area contributed by atoms with Gasteiger partial charge in [-0.1, -0.05) is 62.4 Å². The number of hydrogen-bond acceptors (Lipinski definition) is 5. The Hall–Kier alpha value is -3.91. The zero-order valence-corrected chi connectivity index (χ0v) is 20.6. The second kappa shape index (κ2) is 13.1. The van der Waals surface area contributed by atoms with Gasteiger partial charge < -0.3 is 9.47 Å². The van der Waals surface area contributed by atoms with Crippen molar-refractivity contribution in [1.82, 2.24) is 16.2 Å². The number of hydrazine groups is 1. The number of thiocarbonyl (C=S) groups is 1. The topological polar surface area (TPSA) is 88.7 Å². The first-order chi connectivity index (χ1) is 16.9. The van der Waals surface area contributed by atoms with E-state index < -0.39 is 11.8 Å². The maximum atomic E-state index is 12.4. The van der Waals surface area contributed by atoms with Gasteiger partial charge in [0.1, 0.15) is 11.5 Å². The molecule has 0 aliphatic rings. The van der Waals surface area contributed by atoms with E-state index in [0.717, 1.165) is 17.5 Å². The first-order valence-corrected chi connectivity index (χ1v) is 11.7. The van der Waals surface area contributed by atoms with Crippen molar-refractivity contribution >= 4 is 29.1 Å². The number of carbonyl (C=O) groups excluding carboxylic acids is 2. The molecule has 3 rings (SSSR count). The van der Waals surface area contributed by atoms with Crippen molar-refractivity contribution in [1.29, 1.82) is 0 Å². The maximum absolute atomic E-state index is 12.4. The Morgan fingerprint density at radius 2 is 1.54 bits per heavy atom. The average molecular weight is 492 g/mol. The number of amides is 2. The molecule has 0 bridgehead atoms. The minimum atomic E-state index is -0.452. The number of rotatable bonds is 9. The normalized spacial score (nSPS) is 10.4. The van der Waals surface area contributed by atoms with E-state index in [1.807, 2.05) is 48.5 Å². The SMILES string of the molecule is CC(C)CCOc1ccc(C(=O)NC(=S)NNC(=O)COc2ccccc2-c2ccccc2)cc1. The molecule has 3 N–H and O–H groups in total. The van der Waals surface area contributed by atoms with Gasteiger partial charge in [0.05, 0.1) is 6.61 Å². The van der Waals surface area contributed by atoms with Crippen molar-refractivity contribution < 1.29 is 19.1 Å². The van der Waals surface area contributed by atoms with Crippen LogP contribution in [0.5, 0.6) is 11.5 Å². The van der Waals surface area contributed by atoms with Gasteiger partial charge >= 0.3 is 0 Å². The first-order valence-electron chi connectivity index (χ1n) is 11.3. The molecule has 0 atom stereocenters.